The molecular formula is C20H26N4O3. The number of aromatic nitrogens is 3. The fraction of sp³-hybridized carbons (Fsp3) is 0.550. The summed E-state index contributed by atoms with van der Waals surface area (Å²) in [7, 11) is 1.92. The van der Waals surface area contributed by atoms with Crippen LogP contribution in [0.3, 0.4) is 0 Å². The molecule has 0 bridgehead atoms. The molecule has 0 radical (unpaired) electrons. The molecule has 1 amide bonds. The molecule has 1 saturated heterocycles. The zero-order valence-electron chi connectivity index (χ0n) is 15.9. The Labute approximate surface area is 158 Å². The lowest BCUT2D eigenvalue weighted by atomic mass is 9.90. The highest BCUT2D eigenvalue weighted by molar-refractivity contribution is 5.94. The predicted molar refractivity (Wildman–Crippen MR) is 101 cm³/mol. The number of amides is 1. The molecule has 2 aromatic heterocycles. The summed E-state index contributed by atoms with van der Waals surface area (Å²) in [4.78, 5) is 30.0. The van der Waals surface area contributed by atoms with E-state index in [1.165, 1.54) is 0 Å². The molecule has 3 heterocycles. The SMILES string of the molecule is Cc1cc(=O)c(C(=O)NC(c2nccn2C)C2CCOCC2)cn1C1CC1. The van der Waals surface area contributed by atoms with Crippen LogP contribution in [0, 0.1) is 12.8 Å². The Balaban J connectivity index is 1.63. The van der Waals surface area contributed by atoms with Gasteiger partial charge in [-0.2, -0.15) is 0 Å². The van der Waals surface area contributed by atoms with E-state index in [-0.39, 0.29) is 28.9 Å². The number of ether oxygens (including phenoxy) is 1. The topological polar surface area (TPSA) is 78.2 Å². The first-order chi connectivity index (χ1) is 13.0. The van der Waals surface area contributed by atoms with Crippen molar-refractivity contribution in [3.8, 4) is 0 Å². The Morgan fingerprint density at radius 3 is 2.67 bits per heavy atom. The van der Waals surface area contributed by atoms with Gasteiger partial charge in [-0.25, -0.2) is 4.98 Å². The Hall–Kier alpha value is -2.41. The summed E-state index contributed by atoms with van der Waals surface area (Å²) in [6.07, 6.45) is 9.26. The average molecular weight is 370 g/mol. The maximum atomic E-state index is 13.0. The monoisotopic (exact) mass is 370 g/mol. The molecule has 2 aliphatic rings. The van der Waals surface area contributed by atoms with E-state index < -0.39 is 0 Å². The molecule has 4 rings (SSSR count). The van der Waals surface area contributed by atoms with E-state index in [0.29, 0.717) is 19.3 Å². The Morgan fingerprint density at radius 2 is 2.04 bits per heavy atom. The summed E-state index contributed by atoms with van der Waals surface area (Å²) >= 11 is 0. The van der Waals surface area contributed by atoms with Crippen molar-refractivity contribution >= 4 is 5.91 Å². The van der Waals surface area contributed by atoms with Gasteiger partial charge in [-0.1, -0.05) is 0 Å². The van der Waals surface area contributed by atoms with Gasteiger partial charge in [0.1, 0.15) is 11.4 Å². The zero-order chi connectivity index (χ0) is 19.0. The third kappa shape index (κ3) is 3.69. The highest BCUT2D eigenvalue weighted by atomic mass is 16.5. The van der Waals surface area contributed by atoms with Crippen molar-refractivity contribution in [1.82, 2.24) is 19.4 Å². The minimum Gasteiger partial charge on any atom is -0.381 e. The third-order valence-corrected chi connectivity index (χ3v) is 5.63. The molecule has 27 heavy (non-hydrogen) atoms. The standard InChI is InChI=1S/C20H26N4O3/c1-13-11-17(25)16(12-24(13)15-3-4-15)20(26)22-18(14-5-9-27-10-6-14)19-21-7-8-23(19)2/h7-8,11-12,14-15,18H,3-6,9-10H2,1-2H3,(H,22,26). The number of rotatable bonds is 5. The van der Waals surface area contributed by atoms with Crippen molar-refractivity contribution in [3.05, 3.63) is 52.0 Å². The van der Waals surface area contributed by atoms with Crippen molar-refractivity contribution in [1.29, 1.82) is 0 Å². The average Bonchev–Trinajstić information content (AvgIpc) is 3.41. The second-order valence-corrected chi connectivity index (χ2v) is 7.63. The van der Waals surface area contributed by atoms with Gasteiger partial charge in [-0.15, -0.1) is 0 Å². The van der Waals surface area contributed by atoms with E-state index in [1.54, 1.807) is 18.5 Å². The summed E-state index contributed by atoms with van der Waals surface area (Å²) in [5.41, 5.74) is 0.885. The largest absolute Gasteiger partial charge is 0.381 e. The minimum absolute atomic E-state index is 0.207. The molecule has 7 heteroatoms. The summed E-state index contributed by atoms with van der Waals surface area (Å²) in [6, 6.07) is 1.74. The van der Waals surface area contributed by atoms with Crippen LogP contribution < -0.4 is 10.7 Å². The summed E-state index contributed by atoms with van der Waals surface area (Å²) < 4.78 is 9.46. The van der Waals surface area contributed by atoms with Crippen molar-refractivity contribution in [2.75, 3.05) is 13.2 Å². The number of aryl methyl sites for hydroxylation is 2. The van der Waals surface area contributed by atoms with Crippen LogP contribution in [0.2, 0.25) is 0 Å². The molecule has 1 aliphatic carbocycles. The molecule has 144 valence electrons. The van der Waals surface area contributed by atoms with E-state index >= 15 is 0 Å². The molecule has 1 unspecified atom stereocenters. The molecular weight excluding hydrogens is 344 g/mol. The third-order valence-electron chi connectivity index (χ3n) is 5.63. The van der Waals surface area contributed by atoms with Gasteiger partial charge in [-0.3, -0.25) is 9.59 Å². The molecule has 7 nitrogen and oxygen atoms in total. The van der Waals surface area contributed by atoms with Crippen molar-refractivity contribution in [3.63, 3.8) is 0 Å². The lowest BCUT2D eigenvalue weighted by molar-refractivity contribution is 0.0499. The minimum atomic E-state index is -0.325. The summed E-state index contributed by atoms with van der Waals surface area (Å²) in [5.74, 6) is 0.721. The molecule has 2 aromatic rings. The van der Waals surface area contributed by atoms with Gasteiger partial charge in [0, 0.05) is 56.7 Å². The van der Waals surface area contributed by atoms with Gasteiger partial charge in [0.15, 0.2) is 5.43 Å². The second-order valence-electron chi connectivity index (χ2n) is 7.63. The molecule has 0 aromatic carbocycles. The molecule has 0 spiro atoms. The molecule has 1 N–H and O–H groups in total. The highest BCUT2D eigenvalue weighted by Crippen LogP contribution is 2.35. The second kappa shape index (κ2) is 7.31. The van der Waals surface area contributed by atoms with Crippen LogP contribution in [-0.2, 0) is 11.8 Å². The maximum Gasteiger partial charge on any atom is 0.257 e. The van der Waals surface area contributed by atoms with Crippen LogP contribution in [0.15, 0.2) is 29.5 Å². The first-order valence-corrected chi connectivity index (χ1v) is 9.63. The number of carbonyl (C=O) groups excluding carboxylic acids is 1. The predicted octanol–water partition coefficient (Wildman–Crippen LogP) is 2.12. The lowest BCUT2D eigenvalue weighted by Crippen LogP contribution is -2.39. The van der Waals surface area contributed by atoms with Crippen molar-refractivity contribution in [2.24, 2.45) is 13.0 Å². The fourth-order valence-electron chi connectivity index (χ4n) is 3.90. The van der Waals surface area contributed by atoms with Crippen LogP contribution >= 0.6 is 0 Å². The van der Waals surface area contributed by atoms with Crippen LogP contribution in [0.25, 0.3) is 0 Å². The molecule has 1 atom stereocenters. The maximum absolute atomic E-state index is 13.0. The number of nitrogens with zero attached hydrogens (tertiary/aromatic N) is 3. The molecule has 1 aliphatic heterocycles. The first-order valence-electron chi connectivity index (χ1n) is 9.63. The lowest BCUT2D eigenvalue weighted by Gasteiger charge is -2.30. The number of nitrogens with one attached hydrogen (secondary N) is 1. The first kappa shape index (κ1) is 18.0. The normalized spacial score (nSPS) is 19.0. The van der Waals surface area contributed by atoms with E-state index in [2.05, 4.69) is 14.9 Å². The van der Waals surface area contributed by atoms with Crippen LogP contribution in [0.5, 0.6) is 0 Å². The highest BCUT2D eigenvalue weighted by Gasteiger charge is 2.31. The van der Waals surface area contributed by atoms with E-state index in [0.717, 1.165) is 37.2 Å². The van der Waals surface area contributed by atoms with Gasteiger partial charge in [0.2, 0.25) is 0 Å². The number of hydrogen-bond donors (Lipinski definition) is 1. The quantitative estimate of drug-likeness (QED) is 0.874. The number of pyridine rings is 1. The molecule has 1 saturated carbocycles. The number of imidazole rings is 1. The van der Waals surface area contributed by atoms with Gasteiger partial charge < -0.3 is 19.2 Å². The van der Waals surface area contributed by atoms with Crippen LogP contribution in [-0.4, -0.2) is 33.2 Å². The van der Waals surface area contributed by atoms with E-state index in [4.69, 9.17) is 4.74 Å². The van der Waals surface area contributed by atoms with Crippen molar-refractivity contribution in [2.45, 2.75) is 44.7 Å². The number of carbonyl (C=O) groups is 1. The Bertz CT molecular complexity index is 891. The van der Waals surface area contributed by atoms with Gasteiger partial charge >= 0.3 is 0 Å². The van der Waals surface area contributed by atoms with Gasteiger partial charge in [-0.05, 0) is 38.5 Å². The van der Waals surface area contributed by atoms with Gasteiger partial charge in [0.05, 0.1) is 6.04 Å². The van der Waals surface area contributed by atoms with E-state index in [1.807, 2.05) is 24.7 Å². The Morgan fingerprint density at radius 1 is 1.30 bits per heavy atom. The van der Waals surface area contributed by atoms with Crippen LogP contribution in [0.4, 0.5) is 0 Å². The zero-order valence-corrected chi connectivity index (χ0v) is 15.9. The van der Waals surface area contributed by atoms with Crippen LogP contribution in [0.1, 0.15) is 59.6 Å². The summed E-state index contributed by atoms with van der Waals surface area (Å²) in [5, 5.41) is 3.10. The smallest absolute Gasteiger partial charge is 0.257 e. The van der Waals surface area contributed by atoms with Gasteiger partial charge in [0.25, 0.3) is 5.91 Å². The van der Waals surface area contributed by atoms with E-state index in [9.17, 15) is 9.59 Å². The molecule has 2 fully saturated rings. The summed E-state index contributed by atoms with van der Waals surface area (Å²) in [6.45, 7) is 3.28. The fourth-order valence-corrected chi connectivity index (χ4v) is 3.90. The van der Waals surface area contributed by atoms with Crippen molar-refractivity contribution < 1.29 is 9.53 Å². The number of hydrogen-bond acceptors (Lipinski definition) is 4. The Kier molecular flexibility index (Phi) is 4.86.